The van der Waals surface area contributed by atoms with Crippen LogP contribution in [0.15, 0.2) is 78.0 Å². The van der Waals surface area contributed by atoms with E-state index in [0.717, 1.165) is 17.0 Å². The summed E-state index contributed by atoms with van der Waals surface area (Å²) in [5.74, 6) is -1.33. The van der Waals surface area contributed by atoms with Crippen molar-refractivity contribution in [2.45, 2.75) is 29.3 Å². The maximum absolute atomic E-state index is 13.7. The Morgan fingerprint density at radius 3 is 2.28 bits per heavy atom. The number of rotatable bonds is 6. The average Bonchev–Trinajstić information content (AvgIpc) is 3.53. The Balaban J connectivity index is 1.46. The van der Waals surface area contributed by atoms with Crippen molar-refractivity contribution in [3.63, 3.8) is 0 Å². The molecule has 4 amide bonds. The molecule has 0 bridgehead atoms. The maximum atomic E-state index is 13.7. The highest BCUT2D eigenvalue weighted by atomic mass is 32.2. The summed E-state index contributed by atoms with van der Waals surface area (Å²) in [5.41, 5.74) is -0.771. The number of carbonyl (C=O) groups excluding carboxylic acids is 3. The summed E-state index contributed by atoms with van der Waals surface area (Å²) in [7, 11) is -5.60. The van der Waals surface area contributed by atoms with Gasteiger partial charge in [-0.25, -0.2) is 18.1 Å². The second-order valence-corrected chi connectivity index (χ2v) is 11.0. The van der Waals surface area contributed by atoms with Gasteiger partial charge in [0.25, 0.3) is 21.7 Å². The van der Waals surface area contributed by atoms with Crippen molar-refractivity contribution >= 4 is 44.7 Å². The van der Waals surface area contributed by atoms with Gasteiger partial charge in [-0.1, -0.05) is 25.1 Å². The number of aromatic nitrogens is 1. The van der Waals surface area contributed by atoms with Gasteiger partial charge >= 0.3 is 11.5 Å². The normalized spacial score (nSPS) is 20.9. The van der Waals surface area contributed by atoms with Gasteiger partial charge in [-0.05, 0) is 54.8 Å². The molecule has 1 aliphatic carbocycles. The van der Waals surface area contributed by atoms with Gasteiger partial charge in [0, 0.05) is 11.8 Å². The topological polar surface area (TPSA) is 129 Å². The van der Waals surface area contributed by atoms with Gasteiger partial charge in [0.15, 0.2) is 0 Å². The molecule has 0 radical (unpaired) electrons. The molecule has 39 heavy (non-hydrogen) atoms. The van der Waals surface area contributed by atoms with Gasteiger partial charge in [-0.15, -0.1) is 0 Å². The van der Waals surface area contributed by atoms with Gasteiger partial charge in [-0.2, -0.15) is 13.2 Å². The molecule has 202 valence electrons. The van der Waals surface area contributed by atoms with E-state index in [4.69, 9.17) is 0 Å². The van der Waals surface area contributed by atoms with Crippen LogP contribution in [-0.2, 0) is 14.6 Å². The summed E-state index contributed by atoms with van der Waals surface area (Å²) in [6, 6.07) is 12.4. The molecule has 3 aromatic rings. The lowest BCUT2D eigenvalue weighted by molar-refractivity contribution is -0.119. The van der Waals surface area contributed by atoms with E-state index in [1.54, 1.807) is 37.3 Å². The van der Waals surface area contributed by atoms with Crippen LogP contribution in [0.5, 0.6) is 0 Å². The molecule has 2 heterocycles. The number of nitrogens with one attached hydrogen (secondary N) is 2. The lowest BCUT2D eigenvalue weighted by Crippen LogP contribution is -2.40. The molecule has 14 heteroatoms. The van der Waals surface area contributed by atoms with E-state index in [0.29, 0.717) is 24.1 Å². The number of hydrogen-bond acceptors (Lipinski definition) is 7. The Morgan fingerprint density at radius 2 is 1.69 bits per heavy atom. The predicted molar refractivity (Wildman–Crippen MR) is 133 cm³/mol. The van der Waals surface area contributed by atoms with Crippen LogP contribution >= 0.6 is 0 Å². The first kappa shape index (κ1) is 26.2. The Kier molecular flexibility index (Phi) is 6.09. The number of anilines is 3. The molecular formula is C25H20F3N5O5S. The van der Waals surface area contributed by atoms with Crippen molar-refractivity contribution in [1.29, 1.82) is 0 Å². The molecule has 2 aliphatic rings. The van der Waals surface area contributed by atoms with E-state index in [2.05, 4.69) is 15.8 Å². The summed E-state index contributed by atoms with van der Waals surface area (Å²) < 4.78 is 62.2. The molecule has 2 N–H and O–H groups in total. The number of pyridine rings is 1. The standard InChI is InChI=1S/C25H20F3N5O5S/c1-15-13-24(15)22(35)32(17-7-9-18(10-8-17)39(37,38)25(26,27)28)23(36)33(24)20-11-12-29-14-19(20)30-31-21(34)16-5-3-2-4-6-16/h2-12,14-15,30H,13H2,1H3,(H,31,34). The van der Waals surface area contributed by atoms with Gasteiger partial charge in [0.05, 0.1) is 28.2 Å². The molecule has 1 spiro atoms. The second-order valence-electron chi connectivity index (χ2n) is 9.07. The van der Waals surface area contributed by atoms with Crippen LogP contribution in [0.4, 0.5) is 35.0 Å². The van der Waals surface area contributed by atoms with E-state index in [1.807, 2.05) is 0 Å². The Morgan fingerprint density at radius 1 is 1.05 bits per heavy atom. The van der Waals surface area contributed by atoms with Crippen LogP contribution in [-0.4, -0.2) is 42.3 Å². The highest BCUT2D eigenvalue weighted by Crippen LogP contribution is 2.56. The number of halogens is 3. The van der Waals surface area contributed by atoms with Crippen LogP contribution in [0.3, 0.4) is 0 Å². The summed E-state index contributed by atoms with van der Waals surface area (Å²) in [5, 5.41) is 0. The SMILES string of the molecule is CC1CC12C(=O)N(c1ccc(S(=O)(=O)C(F)(F)F)cc1)C(=O)N2c1ccncc1NNC(=O)c1ccccc1. The van der Waals surface area contributed by atoms with Gasteiger partial charge in [0.1, 0.15) is 5.54 Å². The molecule has 10 nitrogen and oxygen atoms in total. The third-order valence-corrected chi connectivity index (χ3v) is 8.23. The van der Waals surface area contributed by atoms with E-state index in [9.17, 15) is 36.0 Å². The smallest absolute Gasteiger partial charge is 0.295 e. The van der Waals surface area contributed by atoms with Gasteiger partial charge in [0.2, 0.25) is 0 Å². The number of hydrogen-bond donors (Lipinski definition) is 2. The minimum atomic E-state index is -5.60. The Labute approximate surface area is 220 Å². The second kappa shape index (κ2) is 9.08. The molecular weight excluding hydrogens is 539 g/mol. The zero-order valence-corrected chi connectivity index (χ0v) is 21.0. The molecule has 1 aliphatic heterocycles. The summed E-state index contributed by atoms with van der Waals surface area (Å²) >= 11 is 0. The van der Waals surface area contributed by atoms with Crippen molar-refractivity contribution in [2.75, 3.05) is 15.2 Å². The van der Waals surface area contributed by atoms with Crippen molar-refractivity contribution < 1.29 is 36.0 Å². The third-order valence-electron chi connectivity index (χ3n) is 6.72. The van der Waals surface area contributed by atoms with Crippen LogP contribution in [0.25, 0.3) is 0 Å². The predicted octanol–water partition coefficient (Wildman–Crippen LogP) is 3.88. The first-order valence-corrected chi connectivity index (χ1v) is 13.0. The van der Waals surface area contributed by atoms with E-state index >= 15 is 0 Å². The molecule has 2 atom stereocenters. The summed E-state index contributed by atoms with van der Waals surface area (Å²) in [6.45, 7) is 1.77. The number of alkyl halides is 3. The lowest BCUT2D eigenvalue weighted by Gasteiger charge is -2.25. The summed E-state index contributed by atoms with van der Waals surface area (Å²) in [4.78, 5) is 44.8. The molecule has 2 unspecified atom stereocenters. The van der Waals surface area contributed by atoms with E-state index < -0.39 is 43.6 Å². The molecule has 2 fully saturated rings. The fourth-order valence-electron chi connectivity index (χ4n) is 4.58. The first-order valence-electron chi connectivity index (χ1n) is 11.5. The van der Waals surface area contributed by atoms with Crippen molar-refractivity contribution in [2.24, 2.45) is 5.92 Å². The Bertz CT molecular complexity index is 1580. The minimum absolute atomic E-state index is 0.0898. The summed E-state index contributed by atoms with van der Waals surface area (Å²) in [6.07, 6.45) is 3.07. The largest absolute Gasteiger partial charge is 0.501 e. The average molecular weight is 560 g/mol. The zero-order valence-electron chi connectivity index (χ0n) is 20.1. The van der Waals surface area contributed by atoms with Gasteiger partial charge in [-0.3, -0.25) is 30.3 Å². The number of hydrazine groups is 1. The highest BCUT2D eigenvalue weighted by Gasteiger charge is 2.71. The lowest BCUT2D eigenvalue weighted by atomic mass is 10.1. The number of benzene rings is 2. The number of amides is 4. The quantitative estimate of drug-likeness (QED) is 0.346. The van der Waals surface area contributed by atoms with Crippen molar-refractivity contribution in [3.8, 4) is 0 Å². The number of sulfone groups is 1. The highest BCUT2D eigenvalue weighted by molar-refractivity contribution is 7.92. The Hall–Kier alpha value is -4.46. The van der Waals surface area contributed by atoms with Crippen LogP contribution in [0.2, 0.25) is 0 Å². The van der Waals surface area contributed by atoms with E-state index in [-0.39, 0.29) is 23.0 Å². The van der Waals surface area contributed by atoms with Crippen LogP contribution < -0.4 is 20.7 Å². The number of imide groups is 1. The van der Waals surface area contributed by atoms with Crippen molar-refractivity contribution in [3.05, 3.63) is 78.6 Å². The fourth-order valence-corrected chi connectivity index (χ4v) is 5.34. The zero-order chi connectivity index (χ0) is 28.2. The number of urea groups is 1. The third kappa shape index (κ3) is 4.16. The minimum Gasteiger partial charge on any atom is -0.295 e. The van der Waals surface area contributed by atoms with Crippen LogP contribution in [0.1, 0.15) is 23.7 Å². The molecule has 2 aromatic carbocycles. The van der Waals surface area contributed by atoms with E-state index in [1.165, 1.54) is 23.4 Å². The number of nitrogens with zero attached hydrogens (tertiary/aromatic N) is 3. The molecule has 1 aromatic heterocycles. The van der Waals surface area contributed by atoms with Crippen LogP contribution in [0, 0.1) is 5.92 Å². The monoisotopic (exact) mass is 559 g/mol. The molecule has 1 saturated heterocycles. The number of carbonyl (C=O) groups is 3. The first-order chi connectivity index (χ1) is 18.4. The molecule has 5 rings (SSSR count). The molecule has 1 saturated carbocycles. The van der Waals surface area contributed by atoms with Crippen molar-refractivity contribution in [1.82, 2.24) is 10.4 Å². The fraction of sp³-hybridized carbons (Fsp3) is 0.200. The van der Waals surface area contributed by atoms with Gasteiger partial charge < -0.3 is 0 Å². The maximum Gasteiger partial charge on any atom is 0.501 e.